The third kappa shape index (κ3) is 4.59. The Hall–Kier alpha value is -1.32. The van der Waals surface area contributed by atoms with E-state index in [2.05, 4.69) is 0 Å². The van der Waals surface area contributed by atoms with Gasteiger partial charge in [0.1, 0.15) is 0 Å². The minimum atomic E-state index is -0.851. The van der Waals surface area contributed by atoms with Crippen LogP contribution in [0.3, 0.4) is 0 Å². The molecule has 0 bridgehead atoms. The van der Waals surface area contributed by atoms with Crippen molar-refractivity contribution in [3.63, 3.8) is 0 Å². The second-order valence-corrected chi connectivity index (χ2v) is 4.96. The number of allylic oxidation sites excluding steroid dienone is 2. The first kappa shape index (κ1) is 13.7. The van der Waals surface area contributed by atoms with Gasteiger partial charge < -0.3 is 10.0 Å². The van der Waals surface area contributed by atoms with Crippen LogP contribution in [0, 0.1) is 11.8 Å². The van der Waals surface area contributed by atoms with Gasteiger partial charge in [-0.1, -0.05) is 26.0 Å². The van der Waals surface area contributed by atoms with E-state index >= 15 is 0 Å². The molecular weight excluding hydrogens is 218 g/mol. The lowest BCUT2D eigenvalue weighted by Crippen LogP contribution is -2.39. The summed E-state index contributed by atoms with van der Waals surface area (Å²) >= 11 is 0. The van der Waals surface area contributed by atoms with Crippen molar-refractivity contribution in [3.8, 4) is 0 Å². The van der Waals surface area contributed by atoms with Crippen LogP contribution in [0.15, 0.2) is 12.2 Å². The highest BCUT2D eigenvalue weighted by atomic mass is 16.4. The summed E-state index contributed by atoms with van der Waals surface area (Å²) < 4.78 is 0. The fourth-order valence-electron chi connectivity index (χ4n) is 2.04. The molecule has 0 unspecified atom stereocenters. The molecule has 0 saturated heterocycles. The molecule has 0 saturated carbocycles. The van der Waals surface area contributed by atoms with E-state index in [9.17, 15) is 9.59 Å². The van der Waals surface area contributed by atoms with Crippen molar-refractivity contribution in [1.29, 1.82) is 0 Å². The lowest BCUT2D eigenvalue weighted by atomic mass is 10.0. The van der Waals surface area contributed by atoms with Gasteiger partial charge in [0.25, 0.3) is 0 Å². The summed E-state index contributed by atoms with van der Waals surface area (Å²) in [6, 6.07) is 0. The van der Waals surface area contributed by atoms with Crippen molar-refractivity contribution in [3.05, 3.63) is 12.2 Å². The van der Waals surface area contributed by atoms with Crippen molar-refractivity contribution in [2.24, 2.45) is 11.8 Å². The number of amides is 1. The average molecular weight is 239 g/mol. The molecule has 0 fully saturated rings. The number of nitrogens with zero attached hydrogens (tertiary/aromatic N) is 1. The normalized spacial score (nSPS) is 15.5. The predicted molar refractivity (Wildman–Crippen MR) is 65.5 cm³/mol. The summed E-state index contributed by atoms with van der Waals surface area (Å²) in [5.74, 6) is -0.356. The molecular formula is C13H21NO3. The van der Waals surface area contributed by atoms with Crippen LogP contribution in [0.1, 0.15) is 33.1 Å². The van der Waals surface area contributed by atoms with Gasteiger partial charge in [-0.15, -0.1) is 0 Å². The maximum absolute atomic E-state index is 12.2. The lowest BCUT2D eigenvalue weighted by molar-refractivity contribution is -0.140. The molecule has 1 aliphatic rings. The number of carboxylic acids is 1. The molecule has 17 heavy (non-hydrogen) atoms. The zero-order valence-corrected chi connectivity index (χ0v) is 10.6. The summed E-state index contributed by atoms with van der Waals surface area (Å²) in [5, 5.41) is 8.69. The number of aliphatic carboxylic acids is 1. The smallest absolute Gasteiger partial charge is 0.305 e. The van der Waals surface area contributed by atoms with Crippen molar-refractivity contribution in [2.75, 3.05) is 13.1 Å². The van der Waals surface area contributed by atoms with Crippen LogP contribution in [-0.4, -0.2) is 35.0 Å². The van der Waals surface area contributed by atoms with Gasteiger partial charge >= 0.3 is 5.97 Å². The van der Waals surface area contributed by atoms with Crippen molar-refractivity contribution in [1.82, 2.24) is 4.90 Å². The standard InChI is InChI=1S/C13H21NO3/c1-10(2)9-14(8-7-12(15)16)13(17)11-5-3-4-6-11/h3-4,10-11H,5-9H2,1-2H3,(H,15,16). The minimum absolute atomic E-state index is 0.0264. The Bertz CT molecular complexity index is 302. The SMILES string of the molecule is CC(C)CN(CCC(=O)O)C(=O)C1CC=CC1. The Morgan fingerprint density at radius 3 is 2.41 bits per heavy atom. The topological polar surface area (TPSA) is 57.6 Å². The molecule has 1 N–H and O–H groups in total. The Kier molecular flexibility index (Phi) is 5.19. The highest BCUT2D eigenvalue weighted by Crippen LogP contribution is 2.21. The van der Waals surface area contributed by atoms with Crippen LogP contribution < -0.4 is 0 Å². The van der Waals surface area contributed by atoms with Gasteiger partial charge in [0.2, 0.25) is 5.91 Å². The zero-order valence-electron chi connectivity index (χ0n) is 10.6. The Labute approximate surface area is 102 Å². The molecule has 0 aromatic heterocycles. The molecule has 4 heteroatoms. The number of hydrogen-bond acceptors (Lipinski definition) is 2. The fraction of sp³-hybridized carbons (Fsp3) is 0.692. The first-order valence-electron chi connectivity index (χ1n) is 6.16. The van der Waals surface area contributed by atoms with E-state index < -0.39 is 5.97 Å². The third-order valence-electron chi connectivity index (χ3n) is 2.85. The van der Waals surface area contributed by atoms with Crippen LogP contribution in [-0.2, 0) is 9.59 Å². The molecule has 0 heterocycles. The number of rotatable bonds is 6. The molecule has 0 spiro atoms. The van der Waals surface area contributed by atoms with Gasteiger partial charge in [0, 0.05) is 19.0 Å². The maximum Gasteiger partial charge on any atom is 0.305 e. The van der Waals surface area contributed by atoms with E-state index in [1.807, 2.05) is 26.0 Å². The third-order valence-corrected chi connectivity index (χ3v) is 2.85. The Morgan fingerprint density at radius 1 is 1.35 bits per heavy atom. The Balaban J connectivity index is 2.54. The molecule has 0 aliphatic heterocycles. The molecule has 1 rings (SSSR count). The van der Waals surface area contributed by atoms with Crippen LogP contribution in [0.4, 0.5) is 0 Å². The second kappa shape index (κ2) is 6.42. The van der Waals surface area contributed by atoms with Crippen LogP contribution in [0.5, 0.6) is 0 Å². The molecule has 0 aromatic carbocycles. The minimum Gasteiger partial charge on any atom is -0.481 e. The highest BCUT2D eigenvalue weighted by molar-refractivity contribution is 5.80. The maximum atomic E-state index is 12.2. The van der Waals surface area contributed by atoms with Gasteiger partial charge in [-0.2, -0.15) is 0 Å². The fourth-order valence-corrected chi connectivity index (χ4v) is 2.04. The second-order valence-electron chi connectivity index (χ2n) is 4.96. The molecule has 0 radical (unpaired) electrons. The van der Waals surface area contributed by atoms with E-state index in [0.717, 1.165) is 12.8 Å². The monoisotopic (exact) mass is 239 g/mol. The summed E-state index contributed by atoms with van der Waals surface area (Å²) in [6.07, 6.45) is 5.65. The molecule has 1 amide bonds. The largest absolute Gasteiger partial charge is 0.481 e. The average Bonchev–Trinajstić information content (AvgIpc) is 2.75. The van der Waals surface area contributed by atoms with Gasteiger partial charge in [-0.05, 0) is 18.8 Å². The quantitative estimate of drug-likeness (QED) is 0.720. The summed E-state index contributed by atoms with van der Waals surface area (Å²) in [4.78, 5) is 24.5. The van der Waals surface area contributed by atoms with Crippen LogP contribution in [0.25, 0.3) is 0 Å². The van der Waals surface area contributed by atoms with Crippen molar-refractivity contribution in [2.45, 2.75) is 33.1 Å². The molecule has 0 aromatic rings. The van der Waals surface area contributed by atoms with E-state index in [1.165, 1.54) is 0 Å². The van der Waals surface area contributed by atoms with E-state index in [4.69, 9.17) is 5.11 Å². The van der Waals surface area contributed by atoms with Crippen molar-refractivity contribution >= 4 is 11.9 Å². The van der Waals surface area contributed by atoms with Crippen LogP contribution in [0.2, 0.25) is 0 Å². The molecule has 1 aliphatic carbocycles. The first-order chi connectivity index (χ1) is 8.00. The van der Waals surface area contributed by atoms with E-state index in [-0.39, 0.29) is 18.2 Å². The predicted octanol–water partition coefficient (Wildman–Crippen LogP) is 1.91. The first-order valence-corrected chi connectivity index (χ1v) is 6.16. The van der Waals surface area contributed by atoms with E-state index in [0.29, 0.717) is 19.0 Å². The number of carbonyl (C=O) groups is 2. The van der Waals surface area contributed by atoms with Gasteiger partial charge in [-0.3, -0.25) is 9.59 Å². The van der Waals surface area contributed by atoms with Crippen LogP contribution >= 0.6 is 0 Å². The highest BCUT2D eigenvalue weighted by Gasteiger charge is 2.25. The molecule has 96 valence electrons. The molecule has 4 nitrogen and oxygen atoms in total. The van der Waals surface area contributed by atoms with Gasteiger partial charge in [-0.25, -0.2) is 0 Å². The number of carboxylic acid groups (broad SMARTS) is 1. The van der Waals surface area contributed by atoms with Crippen molar-refractivity contribution < 1.29 is 14.7 Å². The van der Waals surface area contributed by atoms with Gasteiger partial charge in [0.15, 0.2) is 0 Å². The van der Waals surface area contributed by atoms with E-state index in [1.54, 1.807) is 4.90 Å². The summed E-state index contributed by atoms with van der Waals surface area (Å²) in [7, 11) is 0. The van der Waals surface area contributed by atoms with Gasteiger partial charge in [0.05, 0.1) is 6.42 Å². The Morgan fingerprint density at radius 2 is 1.94 bits per heavy atom. The lowest BCUT2D eigenvalue weighted by Gasteiger charge is -2.26. The summed E-state index contributed by atoms with van der Waals surface area (Å²) in [5.41, 5.74) is 0. The number of carbonyl (C=O) groups excluding carboxylic acids is 1. The molecule has 0 atom stereocenters. The summed E-state index contributed by atoms with van der Waals surface area (Å²) in [6.45, 7) is 5.04. The zero-order chi connectivity index (χ0) is 12.8. The number of hydrogen-bond donors (Lipinski definition) is 1.